The summed E-state index contributed by atoms with van der Waals surface area (Å²) in [6.45, 7) is 6.24. The average molecular weight is 300 g/mol. The van der Waals surface area contributed by atoms with Crippen LogP contribution < -0.4 is 0 Å². The fourth-order valence-corrected chi connectivity index (χ4v) is 4.54. The molecule has 0 bridgehead atoms. The third-order valence-corrected chi connectivity index (χ3v) is 5.58. The van der Waals surface area contributed by atoms with Crippen LogP contribution in [0, 0.1) is 18.8 Å². The summed E-state index contributed by atoms with van der Waals surface area (Å²) in [7, 11) is 0. The number of furan rings is 1. The number of nitrogens with zero attached hydrogens (tertiary/aromatic N) is 2. The molecule has 0 aromatic carbocycles. The van der Waals surface area contributed by atoms with Crippen LogP contribution in [0.5, 0.6) is 0 Å². The smallest absolute Gasteiger partial charge is 0.246 e. The summed E-state index contributed by atoms with van der Waals surface area (Å²) < 4.78 is 5.48. The van der Waals surface area contributed by atoms with Crippen LogP contribution in [0.3, 0.4) is 0 Å². The molecule has 3 unspecified atom stereocenters. The van der Waals surface area contributed by atoms with E-state index >= 15 is 0 Å². The third kappa shape index (κ3) is 2.50. The zero-order chi connectivity index (χ0) is 15.1. The molecule has 22 heavy (non-hydrogen) atoms. The highest BCUT2D eigenvalue weighted by atomic mass is 16.3. The van der Waals surface area contributed by atoms with Gasteiger partial charge in [-0.25, -0.2) is 0 Å². The Labute approximate surface area is 131 Å². The van der Waals surface area contributed by atoms with E-state index in [0.717, 1.165) is 30.7 Å². The van der Waals surface area contributed by atoms with Gasteiger partial charge in [-0.2, -0.15) is 0 Å². The van der Waals surface area contributed by atoms with Gasteiger partial charge in [0.2, 0.25) is 5.91 Å². The lowest BCUT2D eigenvalue weighted by molar-refractivity contribution is -0.125. The molecule has 3 fully saturated rings. The number of amides is 1. The highest BCUT2D eigenvalue weighted by Crippen LogP contribution is 2.40. The van der Waals surface area contributed by atoms with E-state index in [4.69, 9.17) is 4.42 Å². The molecule has 118 valence electrons. The zero-order valence-corrected chi connectivity index (χ0v) is 13.2. The van der Waals surface area contributed by atoms with Crippen LogP contribution in [0.4, 0.5) is 0 Å². The SMILES string of the molecule is Cc1ccc(C=CC(=O)N2CC3CN4CCCCC4C3C2)o1. The molecule has 3 aliphatic rings. The molecule has 4 heterocycles. The number of carbonyl (C=O) groups is 1. The maximum Gasteiger partial charge on any atom is 0.246 e. The Morgan fingerprint density at radius 2 is 2.18 bits per heavy atom. The molecule has 3 aliphatic heterocycles. The van der Waals surface area contributed by atoms with E-state index in [1.54, 1.807) is 12.2 Å². The maximum atomic E-state index is 12.4. The lowest BCUT2D eigenvalue weighted by Crippen LogP contribution is -2.40. The number of aryl methyl sites for hydroxylation is 1. The van der Waals surface area contributed by atoms with Crippen molar-refractivity contribution in [2.45, 2.75) is 32.2 Å². The molecule has 4 nitrogen and oxygen atoms in total. The normalized spacial score (nSPS) is 31.7. The van der Waals surface area contributed by atoms with Gasteiger partial charge in [0.1, 0.15) is 11.5 Å². The number of hydrogen-bond donors (Lipinski definition) is 0. The number of likely N-dealkylation sites (tertiary alicyclic amines) is 1. The van der Waals surface area contributed by atoms with E-state index in [-0.39, 0.29) is 5.91 Å². The van der Waals surface area contributed by atoms with Gasteiger partial charge in [0.25, 0.3) is 0 Å². The second-order valence-corrected chi connectivity index (χ2v) is 7.01. The molecular weight excluding hydrogens is 276 g/mol. The van der Waals surface area contributed by atoms with E-state index in [0.29, 0.717) is 11.8 Å². The number of carbonyl (C=O) groups excluding carboxylic acids is 1. The molecule has 1 amide bonds. The van der Waals surface area contributed by atoms with Crippen LogP contribution in [0.2, 0.25) is 0 Å². The Morgan fingerprint density at radius 1 is 1.27 bits per heavy atom. The van der Waals surface area contributed by atoms with Gasteiger partial charge in [-0.05, 0) is 56.4 Å². The van der Waals surface area contributed by atoms with Crippen LogP contribution in [-0.2, 0) is 4.79 Å². The highest BCUT2D eigenvalue weighted by molar-refractivity contribution is 5.91. The number of hydrogen-bond acceptors (Lipinski definition) is 3. The van der Waals surface area contributed by atoms with Crippen molar-refractivity contribution in [3.05, 3.63) is 29.7 Å². The van der Waals surface area contributed by atoms with Gasteiger partial charge in [-0.1, -0.05) is 6.42 Å². The third-order valence-electron chi connectivity index (χ3n) is 5.58. The number of fused-ring (bicyclic) bond motifs is 3. The van der Waals surface area contributed by atoms with Crippen LogP contribution in [-0.4, -0.2) is 47.9 Å². The van der Waals surface area contributed by atoms with Crippen LogP contribution in [0.1, 0.15) is 30.8 Å². The fraction of sp³-hybridized carbons (Fsp3) is 0.611. The Hall–Kier alpha value is -1.55. The van der Waals surface area contributed by atoms with Crippen LogP contribution in [0.15, 0.2) is 22.6 Å². The van der Waals surface area contributed by atoms with Gasteiger partial charge in [-0.3, -0.25) is 9.69 Å². The molecular formula is C18H24N2O2. The maximum absolute atomic E-state index is 12.4. The Balaban J connectivity index is 1.39. The predicted octanol–water partition coefficient (Wildman–Crippen LogP) is 2.54. The molecule has 1 aromatic heterocycles. The zero-order valence-electron chi connectivity index (χ0n) is 13.2. The summed E-state index contributed by atoms with van der Waals surface area (Å²) in [6, 6.07) is 4.55. The molecule has 3 atom stereocenters. The Bertz CT molecular complexity index is 592. The molecule has 3 saturated heterocycles. The van der Waals surface area contributed by atoms with Gasteiger partial charge in [-0.15, -0.1) is 0 Å². The summed E-state index contributed by atoms with van der Waals surface area (Å²) in [6.07, 6.45) is 7.49. The average Bonchev–Trinajstić information content (AvgIpc) is 3.18. The van der Waals surface area contributed by atoms with Crippen LogP contribution >= 0.6 is 0 Å². The lowest BCUT2D eigenvalue weighted by Gasteiger charge is -2.33. The van der Waals surface area contributed by atoms with Crippen molar-refractivity contribution in [1.82, 2.24) is 9.80 Å². The second-order valence-electron chi connectivity index (χ2n) is 7.01. The molecule has 1 aromatic rings. The van der Waals surface area contributed by atoms with Gasteiger partial charge >= 0.3 is 0 Å². The standard InChI is InChI=1S/C18H24N2O2/c1-13-5-6-15(22-13)7-8-18(21)20-11-14-10-19-9-3-2-4-17(19)16(14)12-20/h5-8,14,16-17H,2-4,9-12H2,1H3. The summed E-state index contributed by atoms with van der Waals surface area (Å²) >= 11 is 0. The fourth-order valence-electron chi connectivity index (χ4n) is 4.54. The van der Waals surface area contributed by atoms with E-state index in [2.05, 4.69) is 4.90 Å². The van der Waals surface area contributed by atoms with Gasteiger partial charge in [0.15, 0.2) is 0 Å². The molecule has 4 rings (SSSR count). The number of rotatable bonds is 2. The minimum Gasteiger partial charge on any atom is -0.462 e. The minimum absolute atomic E-state index is 0.130. The van der Waals surface area contributed by atoms with E-state index < -0.39 is 0 Å². The van der Waals surface area contributed by atoms with Gasteiger partial charge in [0, 0.05) is 31.8 Å². The summed E-state index contributed by atoms with van der Waals surface area (Å²) in [4.78, 5) is 17.1. The first-order valence-electron chi connectivity index (χ1n) is 8.48. The lowest BCUT2D eigenvalue weighted by atomic mass is 9.90. The Kier molecular flexibility index (Phi) is 3.57. The quantitative estimate of drug-likeness (QED) is 0.788. The number of piperidine rings is 1. The van der Waals surface area contributed by atoms with Gasteiger partial charge in [0.05, 0.1) is 0 Å². The van der Waals surface area contributed by atoms with E-state index in [1.165, 1.54) is 32.4 Å². The largest absolute Gasteiger partial charge is 0.462 e. The van der Waals surface area contributed by atoms with E-state index in [9.17, 15) is 4.79 Å². The molecule has 0 spiro atoms. The molecule has 4 heteroatoms. The predicted molar refractivity (Wildman–Crippen MR) is 85.3 cm³/mol. The van der Waals surface area contributed by atoms with Crippen LogP contribution in [0.25, 0.3) is 6.08 Å². The molecule has 0 radical (unpaired) electrons. The van der Waals surface area contributed by atoms with E-state index in [1.807, 2.05) is 24.0 Å². The molecule has 0 N–H and O–H groups in total. The minimum atomic E-state index is 0.130. The van der Waals surface area contributed by atoms with Crippen molar-refractivity contribution in [2.24, 2.45) is 11.8 Å². The second kappa shape index (κ2) is 5.58. The monoisotopic (exact) mass is 300 g/mol. The van der Waals surface area contributed by atoms with Crippen molar-refractivity contribution in [3.8, 4) is 0 Å². The van der Waals surface area contributed by atoms with Crippen molar-refractivity contribution < 1.29 is 9.21 Å². The first kappa shape index (κ1) is 14.1. The highest BCUT2D eigenvalue weighted by Gasteiger charge is 2.47. The molecule has 0 saturated carbocycles. The summed E-state index contributed by atoms with van der Waals surface area (Å²) in [5, 5.41) is 0. The summed E-state index contributed by atoms with van der Waals surface area (Å²) in [5.41, 5.74) is 0. The first-order chi connectivity index (χ1) is 10.7. The van der Waals surface area contributed by atoms with Gasteiger partial charge < -0.3 is 9.32 Å². The van der Waals surface area contributed by atoms with Crippen molar-refractivity contribution in [1.29, 1.82) is 0 Å². The Morgan fingerprint density at radius 3 is 3.00 bits per heavy atom. The topological polar surface area (TPSA) is 36.7 Å². The van der Waals surface area contributed by atoms with Crippen molar-refractivity contribution in [3.63, 3.8) is 0 Å². The van der Waals surface area contributed by atoms with Crippen molar-refractivity contribution in [2.75, 3.05) is 26.2 Å². The van der Waals surface area contributed by atoms with Crippen molar-refractivity contribution >= 4 is 12.0 Å². The molecule has 0 aliphatic carbocycles. The summed E-state index contributed by atoms with van der Waals surface area (Å²) in [5.74, 6) is 3.14. The first-order valence-corrected chi connectivity index (χ1v) is 8.48.